The number of rotatable bonds is 1. The van der Waals surface area contributed by atoms with Gasteiger partial charge in [-0.3, -0.25) is 0 Å². The summed E-state index contributed by atoms with van der Waals surface area (Å²) in [5.41, 5.74) is 1.03. The molecule has 0 atom stereocenters. The van der Waals surface area contributed by atoms with Crippen LogP contribution in [-0.4, -0.2) is 31.4 Å². The van der Waals surface area contributed by atoms with E-state index in [1.165, 1.54) is 0 Å². The number of phenolic OH excluding ortho intramolecular Hbond substituents is 1. The normalized spacial score (nSPS) is 17.4. The Balaban J connectivity index is 2.10. The third-order valence-corrected chi connectivity index (χ3v) is 2.13. The van der Waals surface area contributed by atoms with Crippen molar-refractivity contribution in [3.63, 3.8) is 0 Å². The molecule has 1 aliphatic rings. The monoisotopic (exact) mass is 178 g/mol. The highest BCUT2D eigenvalue weighted by atomic mass is 16.5. The Morgan fingerprint density at radius 2 is 2.08 bits per heavy atom. The lowest BCUT2D eigenvalue weighted by Gasteiger charge is -2.28. The van der Waals surface area contributed by atoms with E-state index in [2.05, 4.69) is 11.0 Å². The van der Waals surface area contributed by atoms with E-state index >= 15 is 0 Å². The number of benzene rings is 1. The molecule has 1 aromatic rings. The Bertz CT molecular complexity index is 265. The Morgan fingerprint density at radius 3 is 2.69 bits per heavy atom. The summed E-state index contributed by atoms with van der Waals surface area (Å²) >= 11 is 0. The quantitative estimate of drug-likeness (QED) is 0.697. The fraction of sp³-hybridized carbons (Fsp3) is 0.400. The molecule has 0 bridgehead atoms. The zero-order valence-corrected chi connectivity index (χ0v) is 7.36. The number of nitrogens with zero attached hydrogens (tertiary/aromatic N) is 1. The molecule has 1 heterocycles. The van der Waals surface area contributed by atoms with E-state index in [1.54, 1.807) is 12.1 Å². The van der Waals surface area contributed by atoms with Crippen molar-refractivity contribution in [1.29, 1.82) is 0 Å². The second-order valence-electron chi connectivity index (χ2n) is 3.03. The summed E-state index contributed by atoms with van der Waals surface area (Å²) in [6, 6.07) is 8.17. The first-order valence-corrected chi connectivity index (χ1v) is 4.40. The van der Waals surface area contributed by atoms with Gasteiger partial charge in [0.05, 0.1) is 13.2 Å². The topological polar surface area (TPSA) is 32.7 Å². The van der Waals surface area contributed by atoms with Crippen LogP contribution >= 0.6 is 0 Å². The van der Waals surface area contributed by atoms with Gasteiger partial charge in [0.25, 0.3) is 0 Å². The van der Waals surface area contributed by atoms with Crippen molar-refractivity contribution in [2.75, 3.05) is 31.2 Å². The van der Waals surface area contributed by atoms with Crippen molar-refractivity contribution < 1.29 is 9.84 Å². The molecule has 0 amide bonds. The van der Waals surface area contributed by atoms with Gasteiger partial charge in [0.1, 0.15) is 5.75 Å². The zero-order chi connectivity index (χ0) is 9.10. The largest absolute Gasteiger partial charge is 0.508 e. The molecule has 1 aromatic carbocycles. The first-order chi connectivity index (χ1) is 6.36. The first-order valence-electron chi connectivity index (χ1n) is 4.40. The van der Waals surface area contributed by atoms with Crippen LogP contribution in [0.4, 0.5) is 5.69 Å². The molecule has 3 heteroatoms. The molecular weight excluding hydrogens is 166 g/mol. The molecule has 0 saturated carbocycles. The fourth-order valence-electron chi connectivity index (χ4n) is 1.41. The summed E-state index contributed by atoms with van der Waals surface area (Å²) in [6.45, 7) is 3.35. The van der Waals surface area contributed by atoms with E-state index in [0.29, 0.717) is 0 Å². The molecule has 0 unspecified atom stereocenters. The van der Waals surface area contributed by atoms with Crippen LogP contribution < -0.4 is 4.90 Å². The number of morpholine rings is 1. The van der Waals surface area contributed by atoms with Gasteiger partial charge in [-0.05, 0) is 18.2 Å². The fourth-order valence-corrected chi connectivity index (χ4v) is 1.41. The second-order valence-corrected chi connectivity index (χ2v) is 3.03. The average Bonchev–Trinajstić information content (AvgIpc) is 2.20. The van der Waals surface area contributed by atoms with Crippen molar-refractivity contribution in [1.82, 2.24) is 0 Å². The number of hydrogen-bond acceptors (Lipinski definition) is 3. The van der Waals surface area contributed by atoms with Crippen molar-refractivity contribution in [3.05, 3.63) is 24.3 Å². The predicted molar refractivity (Wildman–Crippen MR) is 50.0 cm³/mol. The minimum absolute atomic E-state index is 0.261. The van der Waals surface area contributed by atoms with Crippen LogP contribution in [-0.2, 0) is 4.74 Å². The molecule has 69 valence electrons. The smallest absolute Gasteiger partial charge is 0.116 e. The summed E-state index contributed by atoms with van der Waals surface area (Å²) < 4.78 is 5.24. The third-order valence-electron chi connectivity index (χ3n) is 2.13. The first kappa shape index (κ1) is 8.38. The van der Waals surface area contributed by atoms with Gasteiger partial charge in [0, 0.05) is 24.8 Å². The Labute approximate surface area is 77.6 Å². The molecular formula is C10H12NO2. The van der Waals surface area contributed by atoms with Crippen molar-refractivity contribution in [3.8, 4) is 5.75 Å². The summed E-state index contributed by atoms with van der Waals surface area (Å²) in [5, 5.41) is 9.08. The van der Waals surface area contributed by atoms with E-state index in [4.69, 9.17) is 9.84 Å². The molecule has 0 spiro atoms. The van der Waals surface area contributed by atoms with Crippen LogP contribution in [0.25, 0.3) is 0 Å². The third kappa shape index (κ3) is 1.92. The van der Waals surface area contributed by atoms with Crippen LogP contribution in [0.1, 0.15) is 0 Å². The van der Waals surface area contributed by atoms with Crippen LogP contribution in [0.3, 0.4) is 0 Å². The maximum absolute atomic E-state index is 9.08. The number of hydrogen-bond donors (Lipinski definition) is 1. The van der Waals surface area contributed by atoms with Crippen LogP contribution in [0.2, 0.25) is 0 Å². The molecule has 3 nitrogen and oxygen atoms in total. The van der Waals surface area contributed by atoms with Gasteiger partial charge in [-0.1, -0.05) is 0 Å². The maximum atomic E-state index is 9.08. The lowest BCUT2D eigenvalue weighted by molar-refractivity contribution is 0.122. The highest BCUT2D eigenvalue weighted by Crippen LogP contribution is 2.18. The Morgan fingerprint density at radius 1 is 1.31 bits per heavy atom. The van der Waals surface area contributed by atoms with E-state index < -0.39 is 0 Å². The predicted octanol–water partition coefficient (Wildman–Crippen LogP) is 1.03. The van der Waals surface area contributed by atoms with Gasteiger partial charge < -0.3 is 14.7 Å². The average molecular weight is 178 g/mol. The molecule has 1 radical (unpaired) electrons. The molecule has 1 fully saturated rings. The second kappa shape index (κ2) is 3.66. The van der Waals surface area contributed by atoms with Crippen molar-refractivity contribution in [2.24, 2.45) is 0 Å². The van der Waals surface area contributed by atoms with Crippen molar-refractivity contribution in [2.45, 2.75) is 0 Å². The number of phenols is 1. The highest BCUT2D eigenvalue weighted by Gasteiger charge is 2.10. The minimum Gasteiger partial charge on any atom is -0.508 e. The lowest BCUT2D eigenvalue weighted by atomic mass is 10.2. The summed E-state index contributed by atoms with van der Waals surface area (Å²) in [7, 11) is 0. The molecule has 2 rings (SSSR count). The summed E-state index contributed by atoms with van der Waals surface area (Å²) in [6.07, 6.45) is 0. The highest BCUT2D eigenvalue weighted by molar-refractivity contribution is 5.47. The van der Waals surface area contributed by atoms with E-state index in [0.717, 1.165) is 32.0 Å². The minimum atomic E-state index is 0.261. The summed E-state index contributed by atoms with van der Waals surface area (Å²) in [5.74, 6) is 0.261. The van der Waals surface area contributed by atoms with Gasteiger partial charge >= 0.3 is 0 Å². The van der Waals surface area contributed by atoms with E-state index in [-0.39, 0.29) is 5.75 Å². The Hall–Kier alpha value is -1.22. The molecule has 1 saturated heterocycles. The van der Waals surface area contributed by atoms with Crippen LogP contribution in [0.5, 0.6) is 5.75 Å². The molecule has 0 aromatic heterocycles. The van der Waals surface area contributed by atoms with Crippen molar-refractivity contribution >= 4 is 5.69 Å². The number of ether oxygens (including phenoxy) is 1. The zero-order valence-electron chi connectivity index (χ0n) is 7.36. The Kier molecular flexibility index (Phi) is 2.36. The van der Waals surface area contributed by atoms with Gasteiger partial charge in [0.15, 0.2) is 0 Å². The van der Waals surface area contributed by atoms with Crippen LogP contribution in [0.15, 0.2) is 18.2 Å². The number of anilines is 1. The van der Waals surface area contributed by atoms with Gasteiger partial charge in [-0.15, -0.1) is 0 Å². The molecule has 0 aliphatic carbocycles. The van der Waals surface area contributed by atoms with Gasteiger partial charge in [0.2, 0.25) is 0 Å². The van der Waals surface area contributed by atoms with Gasteiger partial charge in [-0.25, -0.2) is 0 Å². The standard InChI is InChI=1S/C10H12NO2/c12-10-3-1-9(2-4-10)11-5-7-13-8-6-11/h1,3-4,12H,5-8H2. The van der Waals surface area contributed by atoms with E-state index in [9.17, 15) is 0 Å². The molecule has 13 heavy (non-hydrogen) atoms. The molecule has 1 aliphatic heterocycles. The van der Waals surface area contributed by atoms with Crippen LogP contribution in [0, 0.1) is 6.07 Å². The number of aromatic hydroxyl groups is 1. The van der Waals surface area contributed by atoms with Gasteiger partial charge in [-0.2, -0.15) is 0 Å². The SMILES string of the molecule is Oc1c[c]c(N2CCOCC2)cc1. The lowest BCUT2D eigenvalue weighted by Crippen LogP contribution is -2.36. The maximum Gasteiger partial charge on any atom is 0.116 e. The van der Waals surface area contributed by atoms with E-state index in [1.807, 2.05) is 6.07 Å². The molecule has 1 N–H and O–H groups in total. The summed E-state index contributed by atoms with van der Waals surface area (Å²) in [4.78, 5) is 2.20.